The molecule has 0 saturated carbocycles. The first kappa shape index (κ1) is 22.5. The smallest absolute Gasteiger partial charge is 0.274 e. The fraction of sp³-hybridized carbons (Fsp3) is 0.321. The Balaban J connectivity index is 1.54. The van der Waals surface area contributed by atoms with Crippen molar-refractivity contribution in [3.63, 3.8) is 0 Å². The number of aldehydes is 1. The van der Waals surface area contributed by atoms with Crippen LogP contribution >= 0.6 is 0 Å². The van der Waals surface area contributed by atoms with Gasteiger partial charge in [0, 0.05) is 48.5 Å². The number of alkyl halides is 2. The first-order valence-electron chi connectivity index (χ1n) is 11.6. The highest BCUT2D eigenvalue weighted by molar-refractivity contribution is 5.56. The number of hydrogen-bond donors (Lipinski definition) is 1. The van der Waals surface area contributed by atoms with E-state index < -0.39 is 24.1 Å². The van der Waals surface area contributed by atoms with E-state index in [0.29, 0.717) is 11.1 Å². The Kier molecular flexibility index (Phi) is 5.84. The minimum atomic E-state index is -3.12. The molecule has 1 N–H and O–H groups in total. The molecule has 1 saturated heterocycles. The highest BCUT2D eigenvalue weighted by Crippen LogP contribution is 2.55. The summed E-state index contributed by atoms with van der Waals surface area (Å²) in [4.78, 5) is 13.3. The van der Waals surface area contributed by atoms with E-state index in [1.165, 1.54) is 18.2 Å². The van der Waals surface area contributed by atoms with Crippen molar-refractivity contribution in [3.8, 4) is 5.75 Å². The summed E-state index contributed by atoms with van der Waals surface area (Å²) in [7, 11) is 0. The van der Waals surface area contributed by atoms with Gasteiger partial charge in [-0.25, -0.2) is 13.2 Å². The van der Waals surface area contributed by atoms with Crippen molar-refractivity contribution in [2.24, 2.45) is 5.92 Å². The van der Waals surface area contributed by atoms with Crippen LogP contribution in [0.4, 0.5) is 18.9 Å². The first-order chi connectivity index (χ1) is 16.4. The number of hydrogen-bond acceptors (Lipinski definition) is 3. The van der Waals surface area contributed by atoms with Crippen molar-refractivity contribution in [1.82, 2.24) is 0 Å². The molecule has 5 rings (SSSR count). The minimum absolute atomic E-state index is 0.115. The molecule has 0 bridgehead atoms. The molecule has 3 aromatic rings. The number of fused-ring (bicyclic) bond motifs is 1. The van der Waals surface area contributed by atoms with Gasteiger partial charge < -0.3 is 14.8 Å². The molecule has 0 radical (unpaired) electrons. The Morgan fingerprint density at radius 3 is 2.21 bits per heavy atom. The monoisotopic (exact) mass is 465 g/mol. The standard InChI is InChI=1S/C28H26F3NO2/c29-21-5-1-19(2-6-21)25-16-28(30,31)26-15-23(34)9-10-24(26)27(25)20-3-7-22(8-4-20)32-13-11-18(17-33)12-14-32/h1-10,15,17-18,25,27,34H,11-14,16H2/t25-,27-/m0/s1. The number of anilines is 1. The summed E-state index contributed by atoms with van der Waals surface area (Å²) in [5, 5.41) is 9.91. The molecule has 2 atom stereocenters. The lowest BCUT2D eigenvalue weighted by Gasteiger charge is -2.39. The van der Waals surface area contributed by atoms with E-state index in [1.807, 2.05) is 24.3 Å². The van der Waals surface area contributed by atoms with Gasteiger partial charge in [0.25, 0.3) is 5.92 Å². The average molecular weight is 466 g/mol. The first-order valence-corrected chi connectivity index (χ1v) is 11.6. The zero-order valence-electron chi connectivity index (χ0n) is 18.6. The van der Waals surface area contributed by atoms with E-state index in [1.54, 1.807) is 18.2 Å². The van der Waals surface area contributed by atoms with Crippen LogP contribution in [-0.2, 0) is 10.7 Å². The van der Waals surface area contributed by atoms with Gasteiger partial charge in [0.15, 0.2) is 0 Å². The molecule has 176 valence electrons. The van der Waals surface area contributed by atoms with Gasteiger partial charge in [-0.1, -0.05) is 30.3 Å². The fourth-order valence-electron chi connectivity index (χ4n) is 5.47. The summed E-state index contributed by atoms with van der Waals surface area (Å²) < 4.78 is 44.0. The van der Waals surface area contributed by atoms with Crippen LogP contribution < -0.4 is 4.90 Å². The molecule has 0 spiro atoms. The van der Waals surface area contributed by atoms with Gasteiger partial charge in [-0.3, -0.25) is 0 Å². The fourth-order valence-corrected chi connectivity index (χ4v) is 5.47. The third kappa shape index (κ3) is 4.17. The molecule has 0 aromatic heterocycles. The van der Waals surface area contributed by atoms with Gasteiger partial charge in [-0.15, -0.1) is 0 Å². The summed E-state index contributed by atoms with van der Waals surface area (Å²) in [5.41, 5.74) is 2.91. The molecule has 1 fully saturated rings. The summed E-state index contributed by atoms with van der Waals surface area (Å²) in [6.07, 6.45) is 2.25. The molecule has 3 nitrogen and oxygen atoms in total. The Hall–Kier alpha value is -3.28. The SMILES string of the molecule is O=CC1CCN(c2ccc([C@H]3c4ccc(O)cc4C(F)(F)C[C@H]3c3ccc(F)cc3)cc2)CC1. The van der Waals surface area contributed by atoms with Crippen LogP contribution in [0.5, 0.6) is 5.75 Å². The predicted octanol–water partition coefficient (Wildman–Crippen LogP) is 6.36. The number of nitrogens with zero attached hydrogens (tertiary/aromatic N) is 1. The molecule has 0 amide bonds. The average Bonchev–Trinajstić information content (AvgIpc) is 2.85. The zero-order valence-corrected chi connectivity index (χ0v) is 18.6. The maximum absolute atomic E-state index is 15.2. The topological polar surface area (TPSA) is 40.5 Å². The molecule has 1 aliphatic carbocycles. The molecule has 3 aromatic carbocycles. The molecule has 1 heterocycles. The van der Waals surface area contributed by atoms with E-state index in [-0.39, 0.29) is 23.1 Å². The van der Waals surface area contributed by atoms with E-state index in [4.69, 9.17) is 0 Å². The van der Waals surface area contributed by atoms with Crippen molar-refractivity contribution in [3.05, 3.63) is 94.8 Å². The second-order valence-electron chi connectivity index (χ2n) is 9.37. The molecular weight excluding hydrogens is 439 g/mol. The summed E-state index contributed by atoms with van der Waals surface area (Å²) in [5.74, 6) is -4.52. The maximum atomic E-state index is 15.2. The Bertz CT molecular complexity index is 1170. The highest BCUT2D eigenvalue weighted by atomic mass is 19.3. The summed E-state index contributed by atoms with van der Waals surface area (Å²) in [6.45, 7) is 1.61. The molecule has 6 heteroatoms. The van der Waals surface area contributed by atoms with Crippen LogP contribution in [0.1, 0.15) is 53.4 Å². The van der Waals surface area contributed by atoms with Crippen LogP contribution in [-0.4, -0.2) is 24.5 Å². The summed E-state index contributed by atoms with van der Waals surface area (Å²) in [6, 6.07) is 17.9. The van der Waals surface area contributed by atoms with Crippen LogP contribution in [0.15, 0.2) is 66.7 Å². The van der Waals surface area contributed by atoms with Gasteiger partial charge in [-0.05, 0) is 65.9 Å². The largest absolute Gasteiger partial charge is 0.508 e. The molecule has 0 unspecified atom stereocenters. The normalized spacial score (nSPS) is 22.3. The molecule has 2 aliphatic rings. The van der Waals surface area contributed by atoms with Crippen molar-refractivity contribution < 1.29 is 23.1 Å². The van der Waals surface area contributed by atoms with Crippen LogP contribution in [0.3, 0.4) is 0 Å². The second kappa shape index (κ2) is 8.82. The van der Waals surface area contributed by atoms with E-state index in [0.717, 1.165) is 49.5 Å². The highest BCUT2D eigenvalue weighted by Gasteiger charge is 2.47. The number of rotatable bonds is 4. The molecular formula is C28H26F3NO2. The lowest BCUT2D eigenvalue weighted by molar-refractivity contribution is -0.111. The number of phenols is 1. The van der Waals surface area contributed by atoms with Gasteiger partial charge in [-0.2, -0.15) is 0 Å². The summed E-state index contributed by atoms with van der Waals surface area (Å²) >= 11 is 0. The lowest BCUT2D eigenvalue weighted by atomic mass is 9.68. The minimum Gasteiger partial charge on any atom is -0.508 e. The second-order valence-corrected chi connectivity index (χ2v) is 9.37. The van der Waals surface area contributed by atoms with Gasteiger partial charge >= 0.3 is 0 Å². The number of halogens is 3. The van der Waals surface area contributed by atoms with Crippen molar-refractivity contribution in [2.45, 2.75) is 37.0 Å². The maximum Gasteiger partial charge on any atom is 0.274 e. The Morgan fingerprint density at radius 2 is 1.56 bits per heavy atom. The van der Waals surface area contributed by atoms with Gasteiger partial charge in [0.05, 0.1) is 0 Å². The van der Waals surface area contributed by atoms with Crippen molar-refractivity contribution >= 4 is 12.0 Å². The number of aromatic hydroxyl groups is 1. The predicted molar refractivity (Wildman–Crippen MR) is 125 cm³/mol. The Labute approximate surface area is 196 Å². The third-order valence-electron chi connectivity index (χ3n) is 7.29. The van der Waals surface area contributed by atoms with E-state index >= 15 is 8.78 Å². The molecule has 1 aliphatic heterocycles. The quantitative estimate of drug-likeness (QED) is 0.456. The van der Waals surface area contributed by atoms with E-state index in [9.17, 15) is 14.3 Å². The van der Waals surface area contributed by atoms with Gasteiger partial charge in [0.2, 0.25) is 0 Å². The van der Waals surface area contributed by atoms with Crippen LogP contribution in [0.2, 0.25) is 0 Å². The number of phenolic OH excluding ortho intramolecular Hbond substituents is 1. The molecule has 34 heavy (non-hydrogen) atoms. The van der Waals surface area contributed by atoms with Crippen molar-refractivity contribution in [1.29, 1.82) is 0 Å². The lowest BCUT2D eigenvalue weighted by Crippen LogP contribution is -2.34. The zero-order chi connectivity index (χ0) is 23.9. The van der Waals surface area contributed by atoms with Gasteiger partial charge in [0.1, 0.15) is 17.9 Å². The van der Waals surface area contributed by atoms with Crippen molar-refractivity contribution in [2.75, 3.05) is 18.0 Å². The Morgan fingerprint density at radius 1 is 0.912 bits per heavy atom. The van der Waals surface area contributed by atoms with Crippen LogP contribution in [0.25, 0.3) is 0 Å². The van der Waals surface area contributed by atoms with Crippen LogP contribution in [0, 0.1) is 11.7 Å². The number of carbonyl (C=O) groups excluding carboxylic acids is 1. The third-order valence-corrected chi connectivity index (χ3v) is 7.29. The van der Waals surface area contributed by atoms with E-state index in [2.05, 4.69) is 4.90 Å². The number of piperidine rings is 1. The number of benzene rings is 3. The number of carbonyl (C=O) groups is 1.